The van der Waals surface area contributed by atoms with Crippen LogP contribution in [0.3, 0.4) is 0 Å². The van der Waals surface area contributed by atoms with Gasteiger partial charge in [0.2, 0.25) is 0 Å². The van der Waals surface area contributed by atoms with Crippen molar-refractivity contribution in [2.75, 3.05) is 5.32 Å². The number of ether oxygens (including phenoxy) is 1. The van der Waals surface area contributed by atoms with Crippen molar-refractivity contribution in [3.8, 4) is 5.75 Å². The molecule has 140 valence electrons. The molecule has 1 amide bonds. The molecule has 0 aliphatic rings. The van der Waals surface area contributed by atoms with E-state index in [-0.39, 0.29) is 18.6 Å². The minimum atomic E-state index is -0.158. The summed E-state index contributed by atoms with van der Waals surface area (Å²) in [5.41, 5.74) is 2.57. The van der Waals surface area contributed by atoms with Crippen LogP contribution in [0.5, 0.6) is 5.75 Å². The van der Waals surface area contributed by atoms with Crippen LogP contribution in [0, 0.1) is 0 Å². The molecule has 3 rings (SSSR count). The highest BCUT2D eigenvalue weighted by molar-refractivity contribution is 6.04. The Morgan fingerprint density at radius 2 is 1.81 bits per heavy atom. The second-order valence-corrected chi connectivity index (χ2v) is 6.45. The largest absolute Gasteiger partial charge is 0.486 e. The van der Waals surface area contributed by atoms with Crippen LogP contribution in [-0.4, -0.2) is 26.1 Å². The van der Waals surface area contributed by atoms with Crippen LogP contribution in [0.2, 0.25) is 0 Å². The van der Waals surface area contributed by atoms with Gasteiger partial charge in [0.05, 0.1) is 6.04 Å². The van der Waals surface area contributed by atoms with E-state index in [0.29, 0.717) is 17.1 Å². The van der Waals surface area contributed by atoms with E-state index < -0.39 is 0 Å². The molecule has 1 N–H and O–H groups in total. The number of amides is 1. The molecule has 1 heterocycles. The lowest BCUT2D eigenvalue weighted by atomic mass is 10.1. The molecule has 0 bridgehead atoms. The van der Waals surface area contributed by atoms with Crippen LogP contribution in [0.15, 0.2) is 48.5 Å². The number of benzene rings is 2. The van der Waals surface area contributed by atoms with Crippen molar-refractivity contribution >= 4 is 11.6 Å². The quantitative estimate of drug-likeness (QED) is 0.691. The monoisotopic (exact) mass is 365 g/mol. The second kappa shape index (κ2) is 8.44. The van der Waals surface area contributed by atoms with Crippen molar-refractivity contribution in [2.24, 2.45) is 0 Å². The van der Waals surface area contributed by atoms with Crippen molar-refractivity contribution in [1.29, 1.82) is 0 Å². The molecule has 0 radical (unpaired) electrons. The zero-order chi connectivity index (χ0) is 19.2. The van der Waals surface area contributed by atoms with Gasteiger partial charge in [-0.1, -0.05) is 19.1 Å². The smallest absolute Gasteiger partial charge is 0.255 e. The summed E-state index contributed by atoms with van der Waals surface area (Å²) < 4.78 is 7.44. The number of aromatic nitrogens is 4. The first-order valence-corrected chi connectivity index (χ1v) is 8.96. The zero-order valence-electron chi connectivity index (χ0n) is 15.7. The number of nitrogens with one attached hydrogen (secondary N) is 1. The average Bonchev–Trinajstić information content (AvgIpc) is 3.16. The normalized spacial score (nSPS) is 10.8. The summed E-state index contributed by atoms with van der Waals surface area (Å²) in [5.74, 6) is 1.15. The van der Waals surface area contributed by atoms with Gasteiger partial charge in [0.15, 0.2) is 5.82 Å². The Kier molecular flexibility index (Phi) is 5.80. The lowest BCUT2D eigenvalue weighted by molar-refractivity contribution is 0.102. The van der Waals surface area contributed by atoms with Gasteiger partial charge in [0.1, 0.15) is 12.4 Å². The molecule has 0 saturated carbocycles. The SMILES string of the molecule is CCc1ccc(NC(=O)c2ccc(OCc3nnnn3C(C)C)cc2)cc1. The van der Waals surface area contributed by atoms with Gasteiger partial charge in [-0.15, -0.1) is 5.10 Å². The molecule has 0 atom stereocenters. The first kappa shape index (κ1) is 18.6. The van der Waals surface area contributed by atoms with Gasteiger partial charge < -0.3 is 10.1 Å². The van der Waals surface area contributed by atoms with Gasteiger partial charge in [-0.2, -0.15) is 0 Å². The Morgan fingerprint density at radius 3 is 2.44 bits per heavy atom. The molecule has 0 spiro atoms. The van der Waals surface area contributed by atoms with Gasteiger partial charge in [-0.05, 0) is 72.7 Å². The fourth-order valence-electron chi connectivity index (χ4n) is 2.59. The van der Waals surface area contributed by atoms with E-state index in [1.54, 1.807) is 28.9 Å². The number of hydrogen-bond acceptors (Lipinski definition) is 5. The predicted octanol–water partition coefficient (Wildman–Crippen LogP) is 3.65. The molecule has 0 aliphatic heterocycles. The topological polar surface area (TPSA) is 81.9 Å². The van der Waals surface area contributed by atoms with E-state index in [2.05, 4.69) is 27.8 Å². The van der Waals surface area contributed by atoms with Crippen LogP contribution in [0.4, 0.5) is 5.69 Å². The van der Waals surface area contributed by atoms with Gasteiger partial charge >= 0.3 is 0 Å². The molecule has 0 fully saturated rings. The van der Waals surface area contributed by atoms with Gasteiger partial charge in [0.25, 0.3) is 5.91 Å². The van der Waals surface area contributed by atoms with Crippen LogP contribution in [-0.2, 0) is 13.0 Å². The number of anilines is 1. The first-order valence-electron chi connectivity index (χ1n) is 8.96. The number of carbonyl (C=O) groups excluding carboxylic acids is 1. The molecule has 1 aromatic heterocycles. The standard InChI is InChI=1S/C20H23N5O2/c1-4-15-5-9-17(10-6-15)21-20(26)16-7-11-18(12-8-16)27-13-19-22-23-24-25(19)14(2)3/h5-12,14H,4,13H2,1-3H3,(H,21,26). The van der Waals surface area contributed by atoms with E-state index in [9.17, 15) is 4.79 Å². The summed E-state index contributed by atoms with van der Waals surface area (Å²) in [6, 6.07) is 15.0. The van der Waals surface area contributed by atoms with Gasteiger partial charge in [0, 0.05) is 11.3 Å². The third kappa shape index (κ3) is 4.69. The van der Waals surface area contributed by atoms with Crippen LogP contribution in [0.25, 0.3) is 0 Å². The fourth-order valence-corrected chi connectivity index (χ4v) is 2.59. The number of tetrazole rings is 1. The molecule has 0 saturated heterocycles. The number of carbonyl (C=O) groups is 1. The molecule has 7 heteroatoms. The van der Waals surface area contributed by atoms with Crippen molar-refractivity contribution < 1.29 is 9.53 Å². The van der Waals surface area contributed by atoms with Crippen LogP contribution >= 0.6 is 0 Å². The minimum Gasteiger partial charge on any atom is -0.486 e. The number of hydrogen-bond donors (Lipinski definition) is 1. The molecular weight excluding hydrogens is 342 g/mol. The maximum absolute atomic E-state index is 12.4. The zero-order valence-corrected chi connectivity index (χ0v) is 15.7. The Morgan fingerprint density at radius 1 is 1.11 bits per heavy atom. The summed E-state index contributed by atoms with van der Waals surface area (Å²) >= 11 is 0. The summed E-state index contributed by atoms with van der Waals surface area (Å²) in [6.07, 6.45) is 0.971. The van der Waals surface area contributed by atoms with Gasteiger partial charge in [-0.25, -0.2) is 4.68 Å². The van der Waals surface area contributed by atoms with Crippen molar-refractivity contribution in [1.82, 2.24) is 20.2 Å². The van der Waals surface area contributed by atoms with Crippen molar-refractivity contribution in [3.63, 3.8) is 0 Å². The summed E-state index contributed by atoms with van der Waals surface area (Å²) in [7, 11) is 0. The maximum atomic E-state index is 12.4. The minimum absolute atomic E-state index is 0.158. The number of aryl methyl sites for hydroxylation is 1. The summed E-state index contributed by atoms with van der Waals surface area (Å²) in [4.78, 5) is 12.4. The second-order valence-electron chi connectivity index (χ2n) is 6.45. The average molecular weight is 365 g/mol. The lowest BCUT2D eigenvalue weighted by Crippen LogP contribution is -2.12. The van der Waals surface area contributed by atoms with E-state index in [0.717, 1.165) is 12.1 Å². The molecule has 0 aliphatic carbocycles. The highest BCUT2D eigenvalue weighted by Crippen LogP contribution is 2.16. The van der Waals surface area contributed by atoms with E-state index in [1.807, 2.05) is 38.1 Å². The summed E-state index contributed by atoms with van der Waals surface area (Å²) in [6.45, 7) is 6.37. The fraction of sp³-hybridized carbons (Fsp3) is 0.300. The first-order chi connectivity index (χ1) is 13.1. The Labute approximate surface area is 158 Å². The molecule has 27 heavy (non-hydrogen) atoms. The van der Waals surface area contributed by atoms with Crippen LogP contribution < -0.4 is 10.1 Å². The predicted molar refractivity (Wildman–Crippen MR) is 103 cm³/mol. The van der Waals surface area contributed by atoms with E-state index >= 15 is 0 Å². The summed E-state index contributed by atoms with van der Waals surface area (Å²) in [5, 5.41) is 14.5. The maximum Gasteiger partial charge on any atom is 0.255 e. The van der Waals surface area contributed by atoms with Crippen molar-refractivity contribution in [2.45, 2.75) is 39.8 Å². The van der Waals surface area contributed by atoms with E-state index in [4.69, 9.17) is 4.74 Å². The Balaban J connectivity index is 1.59. The molecule has 7 nitrogen and oxygen atoms in total. The highest BCUT2D eigenvalue weighted by Gasteiger charge is 2.10. The van der Waals surface area contributed by atoms with E-state index in [1.165, 1.54) is 5.56 Å². The van der Waals surface area contributed by atoms with Crippen LogP contribution in [0.1, 0.15) is 48.6 Å². The Hall–Kier alpha value is -3.22. The molecule has 3 aromatic rings. The van der Waals surface area contributed by atoms with Gasteiger partial charge in [-0.3, -0.25) is 4.79 Å². The third-order valence-electron chi connectivity index (χ3n) is 4.15. The molecular formula is C20H23N5O2. The molecule has 2 aromatic carbocycles. The number of rotatable bonds is 7. The Bertz CT molecular complexity index is 885. The lowest BCUT2D eigenvalue weighted by Gasteiger charge is -2.10. The van der Waals surface area contributed by atoms with Crippen molar-refractivity contribution in [3.05, 3.63) is 65.5 Å². The highest BCUT2D eigenvalue weighted by atomic mass is 16.5. The molecule has 0 unspecified atom stereocenters. The third-order valence-corrected chi connectivity index (χ3v) is 4.15. The number of nitrogens with zero attached hydrogens (tertiary/aromatic N) is 4.